The van der Waals surface area contributed by atoms with E-state index >= 15 is 0 Å². The molecule has 0 saturated carbocycles. The van der Waals surface area contributed by atoms with Crippen LogP contribution in [0.3, 0.4) is 0 Å². The number of hydrogen-bond donors (Lipinski definition) is 1. The zero-order chi connectivity index (χ0) is 17.9. The molecule has 2 rings (SSSR count). The SMILES string of the molecule is CCCCCc1ccc(-c2ccc(CC=CC=CC(=O)O)cc2)cn1. The Labute approximate surface area is 149 Å². The number of benzene rings is 1. The Bertz CT molecular complexity index is 713. The highest BCUT2D eigenvalue weighted by Crippen LogP contribution is 2.20. The van der Waals surface area contributed by atoms with Gasteiger partial charge in [0.2, 0.25) is 0 Å². The van der Waals surface area contributed by atoms with Crippen molar-refractivity contribution in [2.75, 3.05) is 0 Å². The van der Waals surface area contributed by atoms with Gasteiger partial charge in [-0.3, -0.25) is 4.98 Å². The molecule has 2 aromatic rings. The molecule has 25 heavy (non-hydrogen) atoms. The van der Waals surface area contributed by atoms with E-state index in [1.165, 1.54) is 30.9 Å². The van der Waals surface area contributed by atoms with Crippen LogP contribution in [0, 0.1) is 0 Å². The number of pyridine rings is 1. The maximum atomic E-state index is 10.4. The van der Waals surface area contributed by atoms with Gasteiger partial charge in [0.15, 0.2) is 0 Å². The summed E-state index contributed by atoms with van der Waals surface area (Å²) in [5.41, 5.74) is 4.64. The molecule has 0 aliphatic heterocycles. The minimum absolute atomic E-state index is 0.777. The Hall–Kier alpha value is -2.68. The molecule has 0 radical (unpaired) electrons. The van der Waals surface area contributed by atoms with E-state index in [0.29, 0.717) is 0 Å². The Morgan fingerprint density at radius 1 is 1.04 bits per heavy atom. The summed E-state index contributed by atoms with van der Waals surface area (Å²) in [5, 5.41) is 8.51. The van der Waals surface area contributed by atoms with Gasteiger partial charge in [-0.25, -0.2) is 4.79 Å². The number of carbonyl (C=O) groups is 1. The molecule has 0 bridgehead atoms. The lowest BCUT2D eigenvalue weighted by molar-refractivity contribution is -0.131. The molecule has 0 saturated heterocycles. The van der Waals surface area contributed by atoms with Crippen molar-refractivity contribution in [1.82, 2.24) is 4.98 Å². The van der Waals surface area contributed by atoms with Crippen molar-refractivity contribution in [3.8, 4) is 11.1 Å². The number of hydrogen-bond acceptors (Lipinski definition) is 2. The number of rotatable bonds is 9. The van der Waals surface area contributed by atoms with Crippen LogP contribution in [-0.2, 0) is 17.6 Å². The fourth-order valence-corrected chi connectivity index (χ4v) is 2.55. The van der Waals surface area contributed by atoms with Gasteiger partial charge in [-0.05, 0) is 36.5 Å². The standard InChI is InChI=1S/C22H25NO2/c1-2-3-5-9-21-16-15-20(17-23-21)19-13-11-18(12-14-19)8-6-4-7-10-22(24)25/h4,6-7,10-17H,2-3,5,8-9H2,1H3,(H,24,25). The third kappa shape index (κ3) is 6.76. The highest BCUT2D eigenvalue weighted by Gasteiger charge is 2.00. The van der Waals surface area contributed by atoms with E-state index < -0.39 is 5.97 Å². The van der Waals surface area contributed by atoms with Gasteiger partial charge in [-0.2, -0.15) is 0 Å². The quantitative estimate of drug-likeness (QED) is 0.388. The van der Waals surface area contributed by atoms with Gasteiger partial charge in [0, 0.05) is 23.5 Å². The molecule has 0 atom stereocenters. The van der Waals surface area contributed by atoms with Crippen LogP contribution in [0.15, 0.2) is 66.9 Å². The van der Waals surface area contributed by atoms with E-state index in [-0.39, 0.29) is 0 Å². The molecule has 0 aliphatic carbocycles. The van der Waals surface area contributed by atoms with Gasteiger partial charge in [0.25, 0.3) is 0 Å². The maximum Gasteiger partial charge on any atom is 0.328 e. The zero-order valence-corrected chi connectivity index (χ0v) is 14.7. The molecule has 1 N–H and O–H groups in total. The number of carboxylic acid groups (broad SMARTS) is 1. The number of allylic oxidation sites excluding steroid dienone is 3. The summed E-state index contributed by atoms with van der Waals surface area (Å²) in [6.45, 7) is 2.21. The molecule has 130 valence electrons. The van der Waals surface area contributed by atoms with Crippen LogP contribution in [0.2, 0.25) is 0 Å². The summed E-state index contributed by atoms with van der Waals surface area (Å²) < 4.78 is 0. The van der Waals surface area contributed by atoms with E-state index in [1.54, 1.807) is 6.08 Å². The molecule has 0 spiro atoms. The molecule has 1 aromatic heterocycles. The monoisotopic (exact) mass is 335 g/mol. The van der Waals surface area contributed by atoms with Crippen molar-refractivity contribution in [2.45, 2.75) is 39.0 Å². The van der Waals surface area contributed by atoms with E-state index in [9.17, 15) is 4.79 Å². The van der Waals surface area contributed by atoms with Crippen LogP contribution in [0.5, 0.6) is 0 Å². The third-order valence-corrected chi connectivity index (χ3v) is 3.99. The van der Waals surface area contributed by atoms with E-state index in [0.717, 1.165) is 35.7 Å². The van der Waals surface area contributed by atoms with Crippen LogP contribution in [0.1, 0.15) is 37.4 Å². The second kappa shape index (κ2) is 10.2. The number of carboxylic acids is 1. The minimum atomic E-state index is -0.931. The average molecular weight is 335 g/mol. The molecule has 1 heterocycles. The van der Waals surface area contributed by atoms with Gasteiger partial charge < -0.3 is 5.11 Å². The highest BCUT2D eigenvalue weighted by atomic mass is 16.4. The lowest BCUT2D eigenvalue weighted by atomic mass is 10.0. The molecule has 3 heteroatoms. The van der Waals surface area contributed by atoms with Crippen LogP contribution in [-0.4, -0.2) is 16.1 Å². The molecule has 0 aliphatic rings. The van der Waals surface area contributed by atoms with Crippen LogP contribution in [0.4, 0.5) is 0 Å². The Kier molecular flexibility index (Phi) is 7.64. The highest BCUT2D eigenvalue weighted by molar-refractivity contribution is 5.80. The molecular weight excluding hydrogens is 310 g/mol. The summed E-state index contributed by atoms with van der Waals surface area (Å²) in [6, 6.07) is 12.6. The summed E-state index contributed by atoms with van der Waals surface area (Å²) in [4.78, 5) is 14.9. The summed E-state index contributed by atoms with van der Waals surface area (Å²) in [6.07, 6.45) is 13.8. The van der Waals surface area contributed by atoms with E-state index in [2.05, 4.69) is 48.3 Å². The van der Waals surface area contributed by atoms with Gasteiger partial charge in [0.1, 0.15) is 0 Å². The fourth-order valence-electron chi connectivity index (χ4n) is 2.55. The van der Waals surface area contributed by atoms with Crippen molar-refractivity contribution >= 4 is 5.97 Å². The van der Waals surface area contributed by atoms with Crippen molar-refractivity contribution in [1.29, 1.82) is 0 Å². The summed E-state index contributed by atoms with van der Waals surface area (Å²) in [5.74, 6) is -0.931. The van der Waals surface area contributed by atoms with Crippen molar-refractivity contribution < 1.29 is 9.90 Å². The first-order chi connectivity index (χ1) is 12.2. The van der Waals surface area contributed by atoms with Gasteiger partial charge in [0.05, 0.1) is 0 Å². The lowest BCUT2D eigenvalue weighted by Gasteiger charge is -2.05. The van der Waals surface area contributed by atoms with E-state index in [4.69, 9.17) is 5.11 Å². The molecule has 3 nitrogen and oxygen atoms in total. The largest absolute Gasteiger partial charge is 0.478 e. The second-order valence-electron chi connectivity index (χ2n) is 6.02. The number of nitrogens with zero attached hydrogens (tertiary/aromatic N) is 1. The van der Waals surface area contributed by atoms with Gasteiger partial charge >= 0.3 is 5.97 Å². The maximum absolute atomic E-state index is 10.4. The first-order valence-electron chi connectivity index (χ1n) is 8.79. The number of aromatic nitrogens is 1. The Morgan fingerprint density at radius 3 is 2.44 bits per heavy atom. The summed E-state index contributed by atoms with van der Waals surface area (Å²) >= 11 is 0. The average Bonchev–Trinajstić information content (AvgIpc) is 2.63. The Balaban J connectivity index is 1.91. The first-order valence-corrected chi connectivity index (χ1v) is 8.79. The normalized spacial score (nSPS) is 11.4. The number of unbranched alkanes of at least 4 members (excludes halogenated alkanes) is 2. The van der Waals surface area contributed by atoms with Gasteiger partial charge in [-0.1, -0.05) is 68.3 Å². The van der Waals surface area contributed by atoms with Crippen LogP contribution < -0.4 is 0 Å². The predicted molar refractivity (Wildman–Crippen MR) is 103 cm³/mol. The lowest BCUT2D eigenvalue weighted by Crippen LogP contribution is -1.90. The third-order valence-electron chi connectivity index (χ3n) is 3.99. The number of aliphatic carboxylic acids is 1. The van der Waals surface area contributed by atoms with Crippen molar-refractivity contribution in [2.24, 2.45) is 0 Å². The molecule has 1 aromatic carbocycles. The molecule has 0 unspecified atom stereocenters. The van der Waals surface area contributed by atoms with Crippen molar-refractivity contribution in [3.05, 3.63) is 78.2 Å². The second-order valence-corrected chi connectivity index (χ2v) is 6.02. The zero-order valence-electron chi connectivity index (χ0n) is 14.7. The van der Waals surface area contributed by atoms with E-state index in [1.807, 2.05) is 12.3 Å². The smallest absolute Gasteiger partial charge is 0.328 e. The summed E-state index contributed by atoms with van der Waals surface area (Å²) in [7, 11) is 0. The van der Waals surface area contributed by atoms with Crippen LogP contribution in [0.25, 0.3) is 11.1 Å². The fraction of sp³-hybridized carbons (Fsp3) is 0.273. The minimum Gasteiger partial charge on any atom is -0.478 e. The van der Waals surface area contributed by atoms with Gasteiger partial charge in [-0.15, -0.1) is 0 Å². The molecular formula is C22H25NO2. The molecule has 0 amide bonds. The molecule has 0 fully saturated rings. The number of aryl methyl sites for hydroxylation is 1. The van der Waals surface area contributed by atoms with Crippen molar-refractivity contribution in [3.63, 3.8) is 0 Å². The topological polar surface area (TPSA) is 50.2 Å². The Morgan fingerprint density at radius 2 is 1.80 bits per heavy atom. The predicted octanol–water partition coefficient (Wildman–Crippen LogP) is 5.22. The first kappa shape index (κ1) is 18.7. The van der Waals surface area contributed by atoms with Crippen LogP contribution >= 0.6 is 0 Å².